The first kappa shape index (κ1) is 20.6. The number of aromatic amines is 1. The van der Waals surface area contributed by atoms with Gasteiger partial charge in [0.25, 0.3) is 5.56 Å². The highest BCUT2D eigenvalue weighted by atomic mass is 32.2. The molecule has 162 valence electrons. The molecule has 2 aromatic carbocycles. The molecular weight excluding hydrogens is 432 g/mol. The van der Waals surface area contributed by atoms with Crippen molar-refractivity contribution < 1.29 is 13.6 Å². The summed E-state index contributed by atoms with van der Waals surface area (Å²) in [5, 5.41) is 3.52. The van der Waals surface area contributed by atoms with E-state index in [1.54, 1.807) is 30.3 Å². The van der Waals surface area contributed by atoms with Gasteiger partial charge in [-0.15, -0.1) is 0 Å². The van der Waals surface area contributed by atoms with Gasteiger partial charge in [-0.05, 0) is 42.2 Å². The zero-order valence-electron chi connectivity index (χ0n) is 17.0. The number of allylic oxidation sites excluding steroid dienone is 2. The maximum atomic E-state index is 14.0. The molecule has 0 unspecified atom stereocenters. The molecule has 0 radical (unpaired) electrons. The smallest absolute Gasteiger partial charge is 0.257 e. The topological polar surface area (TPSA) is 74.8 Å². The summed E-state index contributed by atoms with van der Waals surface area (Å²) in [6.45, 7) is 0. The first-order chi connectivity index (χ1) is 15.5. The molecule has 5 nitrogen and oxygen atoms in total. The molecule has 2 aliphatic rings. The number of nitrogens with zero attached hydrogens (tertiary/aromatic N) is 1. The Morgan fingerprint density at radius 2 is 1.91 bits per heavy atom. The van der Waals surface area contributed by atoms with Gasteiger partial charge in [0.2, 0.25) is 0 Å². The van der Waals surface area contributed by atoms with Crippen molar-refractivity contribution in [2.75, 3.05) is 5.32 Å². The number of H-pyrrole nitrogens is 1. The number of rotatable bonds is 4. The number of benzene rings is 2. The molecule has 0 saturated carbocycles. The number of aromatic nitrogens is 2. The normalized spacial score (nSPS) is 17.6. The number of halogens is 2. The molecule has 0 saturated heterocycles. The fourth-order valence-corrected chi connectivity index (χ4v) is 5.14. The van der Waals surface area contributed by atoms with Crippen LogP contribution < -0.4 is 10.9 Å². The van der Waals surface area contributed by atoms with Gasteiger partial charge in [0.05, 0.1) is 5.56 Å². The number of carbonyl (C=O) groups excluding carboxylic acids is 1. The maximum absolute atomic E-state index is 14.0. The highest BCUT2D eigenvalue weighted by Gasteiger charge is 2.38. The van der Waals surface area contributed by atoms with Crippen molar-refractivity contribution in [3.8, 4) is 0 Å². The molecule has 0 spiro atoms. The van der Waals surface area contributed by atoms with Gasteiger partial charge in [-0.1, -0.05) is 42.1 Å². The summed E-state index contributed by atoms with van der Waals surface area (Å²) >= 11 is 1.21. The summed E-state index contributed by atoms with van der Waals surface area (Å²) in [4.78, 5) is 33.3. The zero-order valence-corrected chi connectivity index (χ0v) is 17.8. The number of ketones is 1. The summed E-state index contributed by atoms with van der Waals surface area (Å²) in [5.74, 6) is -0.835. The van der Waals surface area contributed by atoms with Crippen molar-refractivity contribution in [2.24, 2.45) is 0 Å². The van der Waals surface area contributed by atoms with E-state index in [9.17, 15) is 18.4 Å². The molecule has 0 fully saturated rings. The van der Waals surface area contributed by atoms with E-state index in [2.05, 4.69) is 15.3 Å². The Balaban J connectivity index is 1.57. The van der Waals surface area contributed by atoms with Crippen molar-refractivity contribution >= 4 is 23.4 Å². The predicted molar refractivity (Wildman–Crippen MR) is 119 cm³/mol. The Morgan fingerprint density at radius 3 is 2.72 bits per heavy atom. The van der Waals surface area contributed by atoms with Gasteiger partial charge in [0.1, 0.15) is 17.5 Å². The van der Waals surface area contributed by atoms with Gasteiger partial charge in [0, 0.05) is 29.4 Å². The van der Waals surface area contributed by atoms with Crippen LogP contribution in [0.15, 0.2) is 69.8 Å². The van der Waals surface area contributed by atoms with Crippen LogP contribution in [0.5, 0.6) is 0 Å². The number of thioether (sulfide) groups is 1. The molecule has 1 aromatic heterocycles. The van der Waals surface area contributed by atoms with Crippen LogP contribution in [0.2, 0.25) is 0 Å². The highest BCUT2D eigenvalue weighted by Crippen LogP contribution is 2.43. The van der Waals surface area contributed by atoms with Gasteiger partial charge >= 0.3 is 0 Å². The number of nitrogens with one attached hydrogen (secondary N) is 2. The Labute approximate surface area is 187 Å². The van der Waals surface area contributed by atoms with Crippen LogP contribution in [-0.4, -0.2) is 15.8 Å². The van der Waals surface area contributed by atoms with E-state index < -0.39 is 17.3 Å². The van der Waals surface area contributed by atoms with E-state index in [4.69, 9.17) is 0 Å². The van der Waals surface area contributed by atoms with Crippen molar-refractivity contribution in [1.29, 1.82) is 0 Å². The van der Waals surface area contributed by atoms with E-state index in [1.165, 1.54) is 30.0 Å². The molecule has 1 aliphatic heterocycles. The average molecular weight is 451 g/mol. The third kappa shape index (κ3) is 3.75. The van der Waals surface area contributed by atoms with Crippen molar-refractivity contribution in [2.45, 2.75) is 36.1 Å². The quantitative estimate of drug-likeness (QED) is 0.436. The predicted octanol–water partition coefficient (Wildman–Crippen LogP) is 4.90. The van der Waals surface area contributed by atoms with Crippen LogP contribution in [0, 0.1) is 11.6 Å². The summed E-state index contributed by atoms with van der Waals surface area (Å²) in [6, 6.07) is 12.4. The van der Waals surface area contributed by atoms with E-state index in [0.717, 1.165) is 5.70 Å². The monoisotopic (exact) mass is 451 g/mol. The minimum atomic E-state index is -0.688. The first-order valence-corrected chi connectivity index (χ1v) is 11.3. The standard InChI is InChI=1S/C24H19F2N3O2S/c25-15-7-3-6-13(11-15)19-20-17(9-4-10-18(20)30)27-22-21(19)23(31)29-24(28-22)32-12-14-5-1-2-8-16(14)26/h1-3,5-8,11,19H,4,9-10,12H2,(H2,27,28,29,31)/t19-/m0/s1. The molecule has 0 amide bonds. The van der Waals surface area contributed by atoms with Gasteiger partial charge in [-0.25, -0.2) is 13.8 Å². The van der Waals surface area contributed by atoms with Crippen LogP contribution >= 0.6 is 11.8 Å². The molecule has 1 aliphatic carbocycles. The molecule has 5 rings (SSSR count). The van der Waals surface area contributed by atoms with Crippen LogP contribution in [0.3, 0.4) is 0 Å². The lowest BCUT2D eigenvalue weighted by Crippen LogP contribution is -2.32. The van der Waals surface area contributed by atoms with Gasteiger partial charge in [-0.2, -0.15) is 0 Å². The average Bonchev–Trinajstić information content (AvgIpc) is 2.77. The number of hydrogen-bond donors (Lipinski definition) is 2. The fourth-order valence-electron chi connectivity index (χ4n) is 4.29. The molecule has 3 aromatic rings. The number of Topliss-reactive ketones (excluding diaryl/α,β-unsaturated/α-hetero) is 1. The third-order valence-corrected chi connectivity index (χ3v) is 6.66. The fraction of sp³-hybridized carbons (Fsp3) is 0.208. The van der Waals surface area contributed by atoms with Crippen molar-refractivity contribution in [1.82, 2.24) is 9.97 Å². The Kier molecular flexibility index (Phi) is 5.38. The molecular formula is C24H19F2N3O2S. The minimum Gasteiger partial charge on any atom is -0.343 e. The van der Waals surface area contributed by atoms with Gasteiger partial charge in [0.15, 0.2) is 10.9 Å². The number of fused-ring (bicyclic) bond motifs is 1. The Bertz CT molecular complexity index is 1320. The molecule has 1 atom stereocenters. The van der Waals surface area contributed by atoms with Crippen LogP contribution in [0.25, 0.3) is 0 Å². The highest BCUT2D eigenvalue weighted by molar-refractivity contribution is 7.98. The van der Waals surface area contributed by atoms with Crippen LogP contribution in [-0.2, 0) is 10.5 Å². The second-order valence-electron chi connectivity index (χ2n) is 7.80. The van der Waals surface area contributed by atoms with Crippen LogP contribution in [0.1, 0.15) is 41.9 Å². The summed E-state index contributed by atoms with van der Waals surface area (Å²) in [7, 11) is 0. The van der Waals surface area contributed by atoms with Gasteiger partial charge < -0.3 is 10.3 Å². The van der Waals surface area contributed by atoms with Gasteiger partial charge in [-0.3, -0.25) is 9.59 Å². The first-order valence-electron chi connectivity index (χ1n) is 10.3. The number of anilines is 1. The van der Waals surface area contributed by atoms with E-state index >= 15 is 0 Å². The summed E-state index contributed by atoms with van der Waals surface area (Å²) in [5.41, 5.74) is 2.16. The molecule has 2 N–H and O–H groups in total. The molecule has 8 heteroatoms. The number of hydrogen-bond acceptors (Lipinski definition) is 5. The SMILES string of the molecule is O=C1CCCC2=C1[C@H](c1cccc(F)c1)c1c(nc(SCc3ccccc3F)[nH]c1=O)N2. The van der Waals surface area contributed by atoms with Crippen LogP contribution in [0.4, 0.5) is 14.6 Å². The Hall–Kier alpha value is -3.26. The van der Waals surface area contributed by atoms with Crippen molar-refractivity contribution in [3.05, 3.63) is 98.5 Å². The van der Waals surface area contributed by atoms with E-state index in [0.29, 0.717) is 58.3 Å². The Morgan fingerprint density at radius 1 is 1.06 bits per heavy atom. The van der Waals surface area contributed by atoms with E-state index in [1.807, 2.05) is 0 Å². The summed E-state index contributed by atoms with van der Waals surface area (Å²) < 4.78 is 28.0. The maximum Gasteiger partial charge on any atom is 0.257 e. The molecule has 0 bridgehead atoms. The van der Waals surface area contributed by atoms with E-state index in [-0.39, 0.29) is 11.6 Å². The second kappa shape index (κ2) is 8.35. The third-order valence-electron chi connectivity index (χ3n) is 5.74. The minimum absolute atomic E-state index is 0.0453. The lowest BCUT2D eigenvalue weighted by Gasteiger charge is -2.32. The second-order valence-corrected chi connectivity index (χ2v) is 8.76. The summed E-state index contributed by atoms with van der Waals surface area (Å²) in [6.07, 6.45) is 1.75. The largest absolute Gasteiger partial charge is 0.343 e. The van der Waals surface area contributed by atoms with Crippen molar-refractivity contribution in [3.63, 3.8) is 0 Å². The zero-order chi connectivity index (χ0) is 22.2. The lowest BCUT2D eigenvalue weighted by molar-refractivity contribution is -0.116. The molecule has 32 heavy (non-hydrogen) atoms. The molecule has 2 heterocycles. The lowest BCUT2D eigenvalue weighted by atomic mass is 9.76. The number of carbonyl (C=O) groups is 1.